The van der Waals surface area contributed by atoms with E-state index in [9.17, 15) is 19.1 Å². The highest BCUT2D eigenvalue weighted by molar-refractivity contribution is 7.80. The van der Waals surface area contributed by atoms with Crippen molar-refractivity contribution in [3.63, 3.8) is 0 Å². The lowest BCUT2D eigenvalue weighted by Gasteiger charge is -2.38. The van der Waals surface area contributed by atoms with Gasteiger partial charge >= 0.3 is 6.03 Å². The number of allylic oxidation sites excluding steroid dienone is 2. The number of hydrogen-bond donors (Lipinski definition) is 4. The van der Waals surface area contributed by atoms with Crippen molar-refractivity contribution in [1.29, 1.82) is 0 Å². The molecule has 31 heavy (non-hydrogen) atoms. The van der Waals surface area contributed by atoms with Gasteiger partial charge in [-0.1, -0.05) is 48.6 Å². The van der Waals surface area contributed by atoms with Crippen LogP contribution in [0.4, 0.5) is 19.3 Å². The van der Waals surface area contributed by atoms with Crippen LogP contribution in [0, 0.1) is 5.82 Å². The Morgan fingerprint density at radius 1 is 1.13 bits per heavy atom. The Morgan fingerprint density at radius 2 is 1.77 bits per heavy atom. The second-order valence-electron chi connectivity index (χ2n) is 7.09. The normalized spacial score (nSPS) is 22.4. The van der Waals surface area contributed by atoms with Gasteiger partial charge in [-0.3, -0.25) is 10.1 Å². The summed E-state index contributed by atoms with van der Waals surface area (Å²) in [6, 6.07) is 10.9. The summed E-state index contributed by atoms with van der Waals surface area (Å²) < 4.78 is 29.8. The maximum atomic E-state index is 15.8. The number of aliphatic hydroxyl groups is 1. The minimum absolute atomic E-state index is 0.153. The van der Waals surface area contributed by atoms with Crippen molar-refractivity contribution in [2.45, 2.75) is 18.2 Å². The summed E-state index contributed by atoms with van der Waals surface area (Å²) in [6.45, 7) is 1.19. The first-order valence-corrected chi connectivity index (χ1v) is 9.55. The van der Waals surface area contributed by atoms with Gasteiger partial charge in [-0.15, -0.1) is 0 Å². The van der Waals surface area contributed by atoms with Gasteiger partial charge in [0.05, 0.1) is 5.56 Å². The fourth-order valence-corrected chi connectivity index (χ4v) is 3.49. The number of amides is 3. The van der Waals surface area contributed by atoms with Crippen LogP contribution in [0.1, 0.15) is 22.8 Å². The zero-order valence-corrected chi connectivity index (χ0v) is 17.2. The molecule has 160 valence electrons. The van der Waals surface area contributed by atoms with Crippen molar-refractivity contribution in [2.75, 3.05) is 5.32 Å². The van der Waals surface area contributed by atoms with Crippen LogP contribution in [0.15, 0.2) is 66.8 Å². The van der Waals surface area contributed by atoms with Crippen LogP contribution < -0.4 is 16.4 Å². The van der Waals surface area contributed by atoms with Gasteiger partial charge in [0.2, 0.25) is 5.67 Å². The smallest absolute Gasteiger partial charge is 0.317 e. The molecule has 0 saturated carbocycles. The van der Waals surface area contributed by atoms with Crippen LogP contribution in [0.3, 0.4) is 0 Å². The van der Waals surface area contributed by atoms with Gasteiger partial charge < -0.3 is 16.2 Å². The number of rotatable bonds is 4. The van der Waals surface area contributed by atoms with Gasteiger partial charge in [0.1, 0.15) is 16.4 Å². The molecule has 5 N–H and O–H groups in total. The molecular formula is C22H19F2N3O3S. The molecule has 0 spiro atoms. The number of urea groups is 1. The lowest BCUT2D eigenvalue weighted by Crippen LogP contribution is -2.58. The summed E-state index contributed by atoms with van der Waals surface area (Å²) >= 11 is 4.96. The summed E-state index contributed by atoms with van der Waals surface area (Å²) in [7, 11) is 0. The van der Waals surface area contributed by atoms with Gasteiger partial charge in [-0.05, 0) is 42.8 Å². The number of benzene rings is 2. The molecule has 9 heteroatoms. The first kappa shape index (κ1) is 22.3. The molecular weight excluding hydrogens is 424 g/mol. The van der Waals surface area contributed by atoms with Crippen molar-refractivity contribution in [2.24, 2.45) is 5.73 Å². The number of thiocarbonyl (C=S) groups is 1. The highest BCUT2D eigenvalue weighted by Gasteiger charge is 2.51. The molecule has 0 heterocycles. The first-order valence-electron chi connectivity index (χ1n) is 9.15. The Balaban J connectivity index is 2.01. The van der Waals surface area contributed by atoms with Crippen LogP contribution in [0.5, 0.6) is 0 Å². The van der Waals surface area contributed by atoms with Crippen LogP contribution in [-0.2, 0) is 0 Å². The molecule has 1 aliphatic carbocycles. The fourth-order valence-electron chi connectivity index (χ4n) is 3.13. The summed E-state index contributed by atoms with van der Waals surface area (Å²) in [5.74, 6) is -1.37. The largest absolute Gasteiger partial charge is 0.382 e. The molecule has 0 bridgehead atoms. The molecule has 0 saturated heterocycles. The molecule has 1 aliphatic rings. The molecule has 0 aliphatic heterocycles. The predicted molar refractivity (Wildman–Crippen MR) is 118 cm³/mol. The van der Waals surface area contributed by atoms with E-state index in [0.717, 1.165) is 6.08 Å². The molecule has 2 aromatic rings. The van der Waals surface area contributed by atoms with Crippen molar-refractivity contribution in [1.82, 2.24) is 5.32 Å². The van der Waals surface area contributed by atoms with Crippen LogP contribution in [-0.4, -0.2) is 33.3 Å². The average molecular weight is 443 g/mol. The fraction of sp³-hybridized carbons (Fsp3) is 0.136. The number of primary amides is 1. The number of para-hydroxylation sites is 1. The summed E-state index contributed by atoms with van der Waals surface area (Å²) in [6.07, 6.45) is 3.69. The maximum absolute atomic E-state index is 15.8. The first-order chi connectivity index (χ1) is 14.5. The second-order valence-corrected chi connectivity index (χ2v) is 7.50. The van der Waals surface area contributed by atoms with Gasteiger partial charge in [-0.2, -0.15) is 0 Å². The van der Waals surface area contributed by atoms with E-state index in [4.69, 9.17) is 18.0 Å². The number of carbonyl (C=O) groups excluding carboxylic acids is 2. The number of nitrogens with two attached hydrogens (primary N) is 1. The van der Waals surface area contributed by atoms with E-state index in [1.807, 2.05) is 5.32 Å². The Kier molecular flexibility index (Phi) is 6.01. The number of anilines is 1. The van der Waals surface area contributed by atoms with Gasteiger partial charge in [0.25, 0.3) is 5.91 Å². The Bertz CT molecular complexity index is 1130. The third kappa shape index (κ3) is 4.37. The Hall–Kier alpha value is -3.43. The van der Waals surface area contributed by atoms with E-state index < -0.39 is 34.0 Å². The van der Waals surface area contributed by atoms with Crippen molar-refractivity contribution in [3.8, 4) is 0 Å². The number of hydrogen-bond acceptors (Lipinski definition) is 4. The quantitative estimate of drug-likeness (QED) is 0.543. The minimum Gasteiger partial charge on any atom is -0.382 e. The highest BCUT2D eigenvalue weighted by atomic mass is 32.1. The maximum Gasteiger partial charge on any atom is 0.317 e. The number of carbonyl (C=O) groups is 2. The summed E-state index contributed by atoms with van der Waals surface area (Å²) in [5.41, 5.74) is 1.10. The summed E-state index contributed by atoms with van der Waals surface area (Å²) in [5, 5.41) is 15.2. The van der Waals surface area contributed by atoms with E-state index in [-0.39, 0.29) is 16.8 Å². The molecule has 2 unspecified atom stereocenters. The van der Waals surface area contributed by atoms with E-state index in [0.29, 0.717) is 5.56 Å². The molecule has 3 rings (SSSR count). The molecule has 2 atom stereocenters. The van der Waals surface area contributed by atoms with Gasteiger partial charge in [0.15, 0.2) is 0 Å². The van der Waals surface area contributed by atoms with Gasteiger partial charge in [-0.25, -0.2) is 13.6 Å². The molecule has 2 aromatic carbocycles. The SMILES string of the molecule is CC1(O)C=CC(c2ccccc2NC(=O)c2ccccc2F)=CC1(F)C(=S)NC(N)=O. The third-order valence-corrected chi connectivity index (χ3v) is 5.25. The molecule has 0 radical (unpaired) electrons. The summed E-state index contributed by atoms with van der Waals surface area (Å²) in [4.78, 5) is 23.1. The van der Waals surface area contributed by atoms with Crippen molar-refractivity contribution >= 4 is 40.4 Å². The van der Waals surface area contributed by atoms with Crippen LogP contribution in [0.25, 0.3) is 5.57 Å². The van der Waals surface area contributed by atoms with Crippen LogP contribution >= 0.6 is 12.2 Å². The molecule has 0 aromatic heterocycles. The Morgan fingerprint density at radius 3 is 2.45 bits per heavy atom. The lowest BCUT2D eigenvalue weighted by atomic mass is 9.78. The zero-order chi connectivity index (χ0) is 22.8. The average Bonchev–Trinajstić information content (AvgIpc) is 2.70. The monoisotopic (exact) mass is 443 g/mol. The minimum atomic E-state index is -2.66. The van der Waals surface area contributed by atoms with E-state index >= 15 is 4.39 Å². The van der Waals surface area contributed by atoms with Crippen molar-refractivity contribution < 1.29 is 23.5 Å². The highest BCUT2D eigenvalue weighted by Crippen LogP contribution is 2.40. The topological polar surface area (TPSA) is 104 Å². The van der Waals surface area contributed by atoms with Crippen molar-refractivity contribution in [3.05, 3.63) is 83.7 Å². The predicted octanol–water partition coefficient (Wildman–Crippen LogP) is 3.49. The third-order valence-electron chi connectivity index (χ3n) is 4.85. The number of nitrogens with one attached hydrogen (secondary N) is 2. The number of halogens is 2. The number of alkyl halides is 1. The zero-order valence-electron chi connectivity index (χ0n) is 16.4. The van der Waals surface area contributed by atoms with Gasteiger partial charge in [0, 0.05) is 11.3 Å². The molecule has 6 nitrogen and oxygen atoms in total. The molecule has 0 fully saturated rings. The van der Waals surface area contributed by atoms with Crippen LogP contribution in [0.2, 0.25) is 0 Å². The van der Waals surface area contributed by atoms with E-state index in [1.165, 1.54) is 43.3 Å². The van der Waals surface area contributed by atoms with E-state index in [1.54, 1.807) is 24.3 Å². The Labute approximate surface area is 182 Å². The second kappa shape index (κ2) is 8.37. The standard InChI is InChI=1S/C22H19F2N3O3S/c1-21(30)11-10-13(12-22(21,24)19(31)27-20(25)29)14-6-3-5-9-17(14)26-18(28)15-7-2-4-8-16(15)23/h2-12,30H,1H3,(H,26,28)(H3,25,27,29,31). The van der Waals surface area contributed by atoms with E-state index in [2.05, 4.69) is 5.32 Å². The molecule has 3 amide bonds. The lowest BCUT2D eigenvalue weighted by molar-refractivity contribution is 0.0133.